The molecule has 4 N–H and O–H groups in total. The summed E-state index contributed by atoms with van der Waals surface area (Å²) in [5.41, 5.74) is 4.04. The minimum atomic E-state index is -0.767. The monoisotopic (exact) mass is 470 g/mol. The maximum atomic E-state index is 13.6. The second kappa shape index (κ2) is 9.54. The van der Waals surface area contributed by atoms with Gasteiger partial charge in [-0.1, -0.05) is 27.7 Å². The maximum absolute atomic E-state index is 13.6. The van der Waals surface area contributed by atoms with E-state index in [1.807, 2.05) is 27.7 Å². The summed E-state index contributed by atoms with van der Waals surface area (Å²) in [5.74, 6) is -0.623. The van der Waals surface area contributed by atoms with Gasteiger partial charge in [0.05, 0.1) is 10.9 Å². The lowest BCUT2D eigenvalue weighted by atomic mass is 10.1. The summed E-state index contributed by atoms with van der Waals surface area (Å²) in [6, 6.07) is 4.34. The number of aromatic nitrogens is 4. The highest BCUT2D eigenvalue weighted by Gasteiger charge is 2.26. The van der Waals surface area contributed by atoms with Crippen molar-refractivity contribution < 1.29 is 4.79 Å². The third-order valence-electron chi connectivity index (χ3n) is 5.37. The van der Waals surface area contributed by atoms with Gasteiger partial charge in [-0.3, -0.25) is 28.5 Å². The molecule has 0 atom stereocenters. The highest BCUT2D eigenvalue weighted by molar-refractivity contribution is 6.08. The number of rotatable bonds is 7. The van der Waals surface area contributed by atoms with Crippen molar-refractivity contribution in [3.05, 3.63) is 65.4 Å². The number of H-pyrrole nitrogens is 2. The molecule has 0 saturated carbocycles. The Morgan fingerprint density at radius 1 is 1.00 bits per heavy atom. The second-order valence-corrected chi connectivity index (χ2v) is 9.05. The molecule has 34 heavy (non-hydrogen) atoms. The molecule has 11 nitrogen and oxygen atoms in total. The Morgan fingerprint density at radius 2 is 1.65 bits per heavy atom. The first-order chi connectivity index (χ1) is 16.0. The minimum absolute atomic E-state index is 0.0368. The molecule has 0 radical (unpaired) electrons. The fraction of sp³-hybridized carbons (Fsp3) is 0.435. The van der Waals surface area contributed by atoms with Crippen LogP contribution in [0.2, 0.25) is 0 Å². The molecule has 11 heteroatoms. The van der Waals surface area contributed by atoms with Crippen molar-refractivity contribution in [3.8, 4) is 0 Å². The lowest BCUT2D eigenvalue weighted by molar-refractivity contribution is 0.0983. The van der Waals surface area contributed by atoms with E-state index in [9.17, 15) is 24.0 Å². The highest BCUT2D eigenvalue weighted by atomic mass is 16.2. The molecule has 0 aliphatic heterocycles. The lowest BCUT2D eigenvalue weighted by Gasteiger charge is -2.26. The lowest BCUT2D eigenvalue weighted by Crippen LogP contribution is -2.43. The molecule has 0 saturated heterocycles. The Morgan fingerprint density at radius 3 is 2.24 bits per heavy atom. The predicted molar refractivity (Wildman–Crippen MR) is 132 cm³/mol. The Bertz CT molecular complexity index is 1470. The zero-order chi connectivity index (χ0) is 25.3. The predicted octanol–water partition coefficient (Wildman–Crippen LogP) is 1.10. The van der Waals surface area contributed by atoms with Crippen LogP contribution in [0.1, 0.15) is 45.0 Å². The van der Waals surface area contributed by atoms with Gasteiger partial charge in [-0.15, -0.1) is 0 Å². The number of hydrogen-bond acceptors (Lipinski definition) is 6. The third kappa shape index (κ3) is 4.59. The van der Waals surface area contributed by atoms with E-state index in [2.05, 4.69) is 9.97 Å². The average Bonchev–Trinajstić information content (AvgIpc) is 2.74. The SMILES string of the molecule is CCn1c(=O)[nH]c2cc(C(=O)N(CC(C)C)c3c(N)n(CC(C)C)c(=O)[nH]c3=O)ccc2c1=O. The number of nitrogens with zero attached hydrogens (tertiary/aromatic N) is 3. The number of benzene rings is 1. The van der Waals surface area contributed by atoms with Crippen LogP contribution in [0.5, 0.6) is 0 Å². The molecule has 0 aliphatic carbocycles. The van der Waals surface area contributed by atoms with Gasteiger partial charge in [-0.05, 0) is 37.0 Å². The largest absolute Gasteiger partial charge is 0.383 e. The Balaban J connectivity index is 2.20. The fourth-order valence-corrected chi connectivity index (χ4v) is 3.86. The van der Waals surface area contributed by atoms with E-state index in [4.69, 9.17) is 5.73 Å². The quantitative estimate of drug-likeness (QED) is 0.469. The first-order valence-electron chi connectivity index (χ1n) is 11.2. The molecule has 0 aliphatic rings. The number of nitrogens with two attached hydrogens (primary N) is 1. The summed E-state index contributed by atoms with van der Waals surface area (Å²) in [7, 11) is 0. The zero-order valence-corrected chi connectivity index (χ0v) is 20.0. The molecule has 2 heterocycles. The van der Waals surface area contributed by atoms with Gasteiger partial charge in [0.25, 0.3) is 17.0 Å². The van der Waals surface area contributed by atoms with Gasteiger partial charge in [0.15, 0.2) is 5.69 Å². The molecule has 1 amide bonds. The van der Waals surface area contributed by atoms with Crippen LogP contribution in [0, 0.1) is 11.8 Å². The third-order valence-corrected chi connectivity index (χ3v) is 5.37. The topological polar surface area (TPSA) is 156 Å². The zero-order valence-electron chi connectivity index (χ0n) is 20.0. The molecule has 1 aromatic carbocycles. The summed E-state index contributed by atoms with van der Waals surface area (Å²) in [6.07, 6.45) is 0. The van der Waals surface area contributed by atoms with E-state index < -0.39 is 28.4 Å². The van der Waals surface area contributed by atoms with Crippen LogP contribution < -0.4 is 33.1 Å². The number of aromatic amines is 2. The summed E-state index contributed by atoms with van der Waals surface area (Å²) >= 11 is 0. The number of hydrogen-bond donors (Lipinski definition) is 3. The number of nitrogens with one attached hydrogen (secondary N) is 2. The normalized spacial score (nSPS) is 11.5. The van der Waals surface area contributed by atoms with Gasteiger partial charge in [0, 0.05) is 25.2 Å². The van der Waals surface area contributed by atoms with Gasteiger partial charge < -0.3 is 15.6 Å². The molecular formula is C23H30N6O5. The Kier molecular flexibility index (Phi) is 6.94. The van der Waals surface area contributed by atoms with Crippen LogP contribution in [-0.4, -0.2) is 31.6 Å². The van der Waals surface area contributed by atoms with E-state index in [-0.39, 0.29) is 59.4 Å². The van der Waals surface area contributed by atoms with Gasteiger partial charge in [0.2, 0.25) is 0 Å². The van der Waals surface area contributed by atoms with E-state index in [0.717, 1.165) is 4.57 Å². The van der Waals surface area contributed by atoms with E-state index in [1.165, 1.54) is 27.7 Å². The fourth-order valence-electron chi connectivity index (χ4n) is 3.86. The second-order valence-electron chi connectivity index (χ2n) is 9.05. The molecule has 3 rings (SSSR count). The van der Waals surface area contributed by atoms with Gasteiger partial charge >= 0.3 is 11.4 Å². The highest BCUT2D eigenvalue weighted by Crippen LogP contribution is 2.22. The molecule has 0 unspecified atom stereocenters. The maximum Gasteiger partial charge on any atom is 0.330 e. The van der Waals surface area contributed by atoms with Crippen molar-refractivity contribution in [1.82, 2.24) is 19.1 Å². The van der Waals surface area contributed by atoms with Crippen molar-refractivity contribution in [3.63, 3.8) is 0 Å². The van der Waals surface area contributed by atoms with Crippen LogP contribution in [-0.2, 0) is 13.1 Å². The number of anilines is 2. The molecular weight excluding hydrogens is 440 g/mol. The molecule has 2 aromatic heterocycles. The number of carbonyl (C=O) groups is 1. The number of nitrogen functional groups attached to an aromatic ring is 1. The van der Waals surface area contributed by atoms with Crippen molar-refractivity contribution in [1.29, 1.82) is 0 Å². The molecule has 0 bridgehead atoms. The molecule has 0 fully saturated rings. The van der Waals surface area contributed by atoms with E-state index in [0.29, 0.717) is 0 Å². The summed E-state index contributed by atoms with van der Waals surface area (Å²) in [6.45, 7) is 9.86. The minimum Gasteiger partial charge on any atom is -0.383 e. The van der Waals surface area contributed by atoms with Crippen molar-refractivity contribution in [2.24, 2.45) is 11.8 Å². The van der Waals surface area contributed by atoms with E-state index in [1.54, 1.807) is 6.92 Å². The number of fused-ring (bicyclic) bond motifs is 1. The standard InChI is InChI=1S/C23H30N6O5/c1-6-27-21(32)15-8-7-14(9-16(15)25-22(27)33)20(31)28(10-12(2)3)17-18(24)29(11-13(4)5)23(34)26-19(17)30/h7-9,12-13H,6,10-11,24H2,1-5H3,(H,25,33)(H,26,30,34). The van der Waals surface area contributed by atoms with Crippen LogP contribution in [0.4, 0.5) is 11.5 Å². The summed E-state index contributed by atoms with van der Waals surface area (Å²) < 4.78 is 2.31. The number of carbonyl (C=O) groups excluding carboxylic acids is 1. The number of amides is 1. The first-order valence-corrected chi connectivity index (χ1v) is 11.2. The van der Waals surface area contributed by atoms with Gasteiger partial charge in [-0.2, -0.15) is 0 Å². The molecule has 0 spiro atoms. The van der Waals surface area contributed by atoms with Crippen LogP contribution >= 0.6 is 0 Å². The summed E-state index contributed by atoms with van der Waals surface area (Å²) in [5, 5.41) is 0.260. The van der Waals surface area contributed by atoms with Gasteiger partial charge in [0.1, 0.15) is 5.82 Å². The smallest absolute Gasteiger partial charge is 0.330 e. The van der Waals surface area contributed by atoms with Crippen molar-refractivity contribution in [2.75, 3.05) is 17.2 Å². The van der Waals surface area contributed by atoms with Crippen LogP contribution in [0.25, 0.3) is 10.9 Å². The van der Waals surface area contributed by atoms with Crippen LogP contribution in [0.3, 0.4) is 0 Å². The first kappa shape index (κ1) is 24.7. The Hall–Kier alpha value is -3.89. The average molecular weight is 471 g/mol. The molecule has 3 aromatic rings. The summed E-state index contributed by atoms with van der Waals surface area (Å²) in [4.78, 5) is 69.7. The molecule has 182 valence electrons. The Labute approximate surface area is 194 Å². The van der Waals surface area contributed by atoms with Gasteiger partial charge in [-0.25, -0.2) is 9.59 Å². The van der Waals surface area contributed by atoms with Crippen molar-refractivity contribution in [2.45, 2.75) is 47.7 Å². The van der Waals surface area contributed by atoms with Crippen LogP contribution in [0.15, 0.2) is 37.4 Å². The van der Waals surface area contributed by atoms with E-state index >= 15 is 0 Å². The van der Waals surface area contributed by atoms with Crippen molar-refractivity contribution >= 4 is 28.3 Å².